The highest BCUT2D eigenvalue weighted by molar-refractivity contribution is 7.56. The molecule has 0 fully saturated rings. The Labute approximate surface area is 285 Å². The summed E-state index contributed by atoms with van der Waals surface area (Å²) >= 11 is 0. The molecule has 0 atom stereocenters. The zero-order valence-electron chi connectivity index (χ0n) is 30.6. The summed E-state index contributed by atoms with van der Waals surface area (Å²) in [6.45, 7) is 28.4. The smallest absolute Gasteiger partial charge is 0.326 e. The van der Waals surface area contributed by atoms with E-state index in [0.29, 0.717) is 25.4 Å². The Morgan fingerprint density at radius 1 is 0.617 bits per heavy atom. The van der Waals surface area contributed by atoms with Crippen LogP contribution < -0.4 is 14.4 Å². The second kappa shape index (κ2) is 12.9. The number of hydrogen-bond donors (Lipinski definition) is 1. The van der Waals surface area contributed by atoms with Gasteiger partial charge in [0, 0.05) is 47.5 Å². The van der Waals surface area contributed by atoms with E-state index in [2.05, 4.69) is 149 Å². The highest BCUT2D eigenvalue weighted by Gasteiger charge is 2.33. The van der Waals surface area contributed by atoms with E-state index in [4.69, 9.17) is 9.05 Å². The van der Waals surface area contributed by atoms with E-state index < -0.39 is 8.38 Å². The van der Waals surface area contributed by atoms with Crippen LogP contribution in [0.5, 0.6) is 17.2 Å². The maximum absolute atomic E-state index is 11.7. The molecule has 5 rings (SSSR count). The SMILES string of the molecule is Cc1cc(CN2Cc3cc(C)cc(C(C)(C)C)c3OP(c3ccccc3)Oc3c(cc(C)cc3C(C)(C)C)C2)c(O)c(C(C)(C)C)c1. The zero-order chi connectivity index (χ0) is 34.5. The van der Waals surface area contributed by atoms with E-state index in [1.807, 2.05) is 6.07 Å². The van der Waals surface area contributed by atoms with Crippen molar-refractivity contribution in [2.24, 2.45) is 0 Å². The van der Waals surface area contributed by atoms with Crippen LogP contribution in [-0.4, -0.2) is 10.0 Å². The molecule has 0 radical (unpaired) electrons. The van der Waals surface area contributed by atoms with Crippen LogP contribution in [0.25, 0.3) is 0 Å². The summed E-state index contributed by atoms with van der Waals surface area (Å²) in [5.74, 6) is 2.19. The van der Waals surface area contributed by atoms with Gasteiger partial charge in [-0.25, -0.2) is 0 Å². The summed E-state index contributed by atoms with van der Waals surface area (Å²) in [7, 11) is -1.51. The second-order valence-electron chi connectivity index (χ2n) is 16.6. The van der Waals surface area contributed by atoms with Crippen LogP contribution in [0.1, 0.15) is 112 Å². The Bertz CT molecular complexity index is 1680. The molecular formula is C42H54NO3P. The van der Waals surface area contributed by atoms with Gasteiger partial charge in [0.1, 0.15) is 17.2 Å². The Kier molecular flexibility index (Phi) is 9.63. The fraction of sp³-hybridized carbons (Fsp3) is 0.429. The van der Waals surface area contributed by atoms with E-state index in [9.17, 15) is 5.11 Å². The van der Waals surface area contributed by atoms with Gasteiger partial charge in [-0.3, -0.25) is 4.90 Å². The van der Waals surface area contributed by atoms with Crippen LogP contribution in [0, 0.1) is 20.8 Å². The summed E-state index contributed by atoms with van der Waals surface area (Å²) in [5, 5.41) is 12.7. The van der Waals surface area contributed by atoms with Crippen molar-refractivity contribution in [3.8, 4) is 17.2 Å². The van der Waals surface area contributed by atoms with E-state index in [1.165, 1.54) is 22.3 Å². The first-order valence-corrected chi connectivity index (χ1v) is 18.0. The van der Waals surface area contributed by atoms with Crippen LogP contribution in [-0.2, 0) is 35.9 Å². The zero-order valence-corrected chi connectivity index (χ0v) is 31.5. The van der Waals surface area contributed by atoms with Gasteiger partial charge in [0.25, 0.3) is 0 Å². The van der Waals surface area contributed by atoms with Crippen LogP contribution >= 0.6 is 8.38 Å². The summed E-state index contributed by atoms with van der Waals surface area (Å²) < 4.78 is 14.4. The van der Waals surface area contributed by atoms with Gasteiger partial charge in [-0.05, 0) is 54.7 Å². The molecule has 0 aliphatic carbocycles. The van der Waals surface area contributed by atoms with E-state index in [-0.39, 0.29) is 16.2 Å². The van der Waals surface area contributed by atoms with Crippen LogP contribution in [0.4, 0.5) is 0 Å². The van der Waals surface area contributed by atoms with Crippen molar-refractivity contribution in [1.82, 2.24) is 4.90 Å². The standard InChI is InChI=1S/C42H54NO3P/c1-27-18-30(37(44)34(21-27)40(4,5)6)24-43-25-31-19-28(2)22-35(41(7,8)9)38(31)45-47(33-16-14-13-15-17-33)46-39-32(26-43)20-29(3)23-36(39)42(10,11)12/h13-23,44H,24-26H2,1-12H3. The van der Waals surface area contributed by atoms with Crippen molar-refractivity contribution < 1.29 is 14.2 Å². The molecule has 250 valence electrons. The van der Waals surface area contributed by atoms with Crippen molar-refractivity contribution in [3.05, 3.63) is 117 Å². The normalized spacial score (nSPS) is 15.0. The number of phenolic OH excluding ortho intramolecular Hbond substituents is 1. The lowest BCUT2D eigenvalue weighted by Crippen LogP contribution is -2.27. The lowest BCUT2D eigenvalue weighted by molar-refractivity contribution is 0.237. The number of benzene rings is 4. The van der Waals surface area contributed by atoms with E-state index >= 15 is 0 Å². The third kappa shape index (κ3) is 7.87. The van der Waals surface area contributed by atoms with Crippen molar-refractivity contribution in [3.63, 3.8) is 0 Å². The Morgan fingerprint density at radius 2 is 1.04 bits per heavy atom. The minimum Gasteiger partial charge on any atom is -0.507 e. The molecule has 0 saturated heterocycles. The molecule has 1 heterocycles. The lowest BCUT2D eigenvalue weighted by atomic mass is 9.83. The van der Waals surface area contributed by atoms with Crippen LogP contribution in [0.3, 0.4) is 0 Å². The summed E-state index contributed by atoms with van der Waals surface area (Å²) in [6, 6.07) is 23.7. The molecule has 1 aliphatic rings. The number of aryl methyl sites for hydroxylation is 3. The number of phenols is 1. The minimum atomic E-state index is -1.51. The van der Waals surface area contributed by atoms with Crippen molar-refractivity contribution in [1.29, 1.82) is 0 Å². The van der Waals surface area contributed by atoms with Gasteiger partial charge in [-0.2, -0.15) is 0 Å². The van der Waals surface area contributed by atoms with Crippen molar-refractivity contribution >= 4 is 13.7 Å². The first-order chi connectivity index (χ1) is 21.8. The molecule has 0 spiro atoms. The average molecular weight is 652 g/mol. The average Bonchev–Trinajstić information content (AvgIpc) is 2.95. The maximum atomic E-state index is 11.7. The number of fused-ring (bicyclic) bond motifs is 2. The number of hydrogen-bond acceptors (Lipinski definition) is 4. The maximum Gasteiger partial charge on any atom is 0.326 e. The Morgan fingerprint density at radius 3 is 1.49 bits per heavy atom. The van der Waals surface area contributed by atoms with Gasteiger partial charge in [-0.1, -0.05) is 134 Å². The van der Waals surface area contributed by atoms with Crippen LogP contribution in [0.2, 0.25) is 0 Å². The first-order valence-electron chi connectivity index (χ1n) is 16.9. The molecule has 4 nitrogen and oxygen atoms in total. The molecular weight excluding hydrogens is 597 g/mol. The quantitative estimate of drug-likeness (QED) is 0.224. The van der Waals surface area contributed by atoms with E-state index in [0.717, 1.165) is 44.6 Å². The summed E-state index contributed by atoms with van der Waals surface area (Å²) in [5.41, 5.74) is 9.64. The summed E-state index contributed by atoms with van der Waals surface area (Å²) in [4.78, 5) is 2.44. The van der Waals surface area contributed by atoms with Gasteiger partial charge in [0.2, 0.25) is 0 Å². The number of rotatable bonds is 3. The van der Waals surface area contributed by atoms with Crippen LogP contribution in [0.15, 0.2) is 66.7 Å². The second-order valence-corrected chi connectivity index (χ2v) is 18.0. The molecule has 1 aliphatic heterocycles. The fourth-order valence-corrected chi connectivity index (χ4v) is 7.96. The lowest BCUT2D eigenvalue weighted by Gasteiger charge is -2.34. The topological polar surface area (TPSA) is 41.9 Å². The Balaban J connectivity index is 1.77. The highest BCUT2D eigenvalue weighted by atomic mass is 31.2. The Hall–Kier alpha value is -3.33. The molecule has 0 bridgehead atoms. The number of nitrogens with zero attached hydrogens (tertiary/aromatic N) is 1. The first kappa shape index (κ1) is 35.0. The largest absolute Gasteiger partial charge is 0.507 e. The van der Waals surface area contributed by atoms with Gasteiger partial charge in [0.05, 0.1) is 5.30 Å². The highest BCUT2D eigenvalue weighted by Crippen LogP contribution is 2.50. The molecule has 0 aromatic heterocycles. The molecule has 0 amide bonds. The van der Waals surface area contributed by atoms with E-state index in [1.54, 1.807) is 0 Å². The molecule has 4 aromatic carbocycles. The molecule has 47 heavy (non-hydrogen) atoms. The van der Waals surface area contributed by atoms with Gasteiger partial charge >= 0.3 is 8.38 Å². The molecule has 4 aromatic rings. The molecule has 5 heteroatoms. The third-order valence-corrected chi connectivity index (χ3v) is 10.3. The predicted molar refractivity (Wildman–Crippen MR) is 199 cm³/mol. The van der Waals surface area contributed by atoms with Crippen molar-refractivity contribution in [2.75, 3.05) is 0 Å². The molecule has 1 N–H and O–H groups in total. The van der Waals surface area contributed by atoms with Gasteiger partial charge in [-0.15, -0.1) is 0 Å². The fourth-order valence-electron chi connectivity index (χ4n) is 6.54. The minimum absolute atomic E-state index is 0.148. The third-order valence-electron chi connectivity index (χ3n) is 8.87. The predicted octanol–water partition coefficient (Wildman–Crippen LogP) is 10.8. The number of aromatic hydroxyl groups is 1. The summed E-state index contributed by atoms with van der Waals surface area (Å²) in [6.07, 6.45) is 0. The van der Waals surface area contributed by atoms with Crippen molar-refractivity contribution in [2.45, 2.75) is 119 Å². The van der Waals surface area contributed by atoms with Gasteiger partial charge in [0.15, 0.2) is 0 Å². The molecule has 0 saturated carbocycles. The monoisotopic (exact) mass is 651 g/mol. The van der Waals surface area contributed by atoms with Gasteiger partial charge < -0.3 is 14.2 Å². The molecule has 0 unspecified atom stereocenters.